The molecular weight excluding hydrogens is 342 g/mol. The molecule has 0 unspecified atom stereocenters. The van der Waals surface area contributed by atoms with Crippen LogP contribution in [0.1, 0.15) is 32.3 Å². The number of benzene rings is 1. The average molecular weight is 369 g/mol. The van der Waals surface area contributed by atoms with Gasteiger partial charge in [0, 0.05) is 13.1 Å². The highest BCUT2D eigenvalue weighted by Crippen LogP contribution is 2.37. The van der Waals surface area contributed by atoms with Crippen molar-refractivity contribution in [2.45, 2.75) is 33.1 Å². The number of carbonyl (C=O) groups excluding carboxylic acids is 1. The lowest BCUT2D eigenvalue weighted by molar-refractivity contribution is -0.157. The van der Waals surface area contributed by atoms with Gasteiger partial charge >= 0.3 is 5.97 Å². The van der Waals surface area contributed by atoms with Crippen LogP contribution in [-0.4, -0.2) is 51.3 Å². The van der Waals surface area contributed by atoms with Crippen LogP contribution in [-0.2, 0) is 26.0 Å². The summed E-state index contributed by atoms with van der Waals surface area (Å²) in [4.78, 5) is 12.8. The summed E-state index contributed by atoms with van der Waals surface area (Å²) in [7, 11) is -1.75. The first-order valence-corrected chi connectivity index (χ1v) is 10.3. The van der Waals surface area contributed by atoms with Gasteiger partial charge in [-0.2, -0.15) is 0 Å². The Morgan fingerprint density at radius 2 is 2.08 bits per heavy atom. The van der Waals surface area contributed by atoms with Crippen molar-refractivity contribution < 1.29 is 22.7 Å². The number of carbonyl (C=O) groups is 1. The number of hydrogen-bond donors (Lipinski definition) is 0. The Kier molecular flexibility index (Phi) is 6.46. The van der Waals surface area contributed by atoms with Gasteiger partial charge in [0.2, 0.25) is 10.0 Å². The monoisotopic (exact) mass is 369 g/mol. The van der Waals surface area contributed by atoms with Gasteiger partial charge in [0.05, 0.1) is 24.9 Å². The normalized spacial score (nSPS) is 21.7. The molecule has 1 aromatic carbocycles. The van der Waals surface area contributed by atoms with E-state index in [9.17, 15) is 13.2 Å². The lowest BCUT2D eigenvalue weighted by Crippen LogP contribution is -2.51. The van der Waals surface area contributed by atoms with Crippen LogP contribution in [0.25, 0.3) is 0 Å². The molecular formula is C18H27NO5S. The third kappa shape index (κ3) is 4.52. The molecule has 1 aliphatic rings. The van der Waals surface area contributed by atoms with E-state index >= 15 is 0 Å². The summed E-state index contributed by atoms with van der Waals surface area (Å²) in [6.45, 7) is 4.28. The van der Waals surface area contributed by atoms with Crippen LogP contribution < -0.4 is 4.74 Å². The Hall–Kier alpha value is -1.60. The molecule has 1 saturated heterocycles. The molecule has 0 radical (unpaired) electrons. The Bertz CT molecular complexity index is 703. The predicted octanol–water partition coefficient (Wildman–Crippen LogP) is 2.23. The Labute approximate surface area is 150 Å². The van der Waals surface area contributed by atoms with Gasteiger partial charge in [-0.1, -0.05) is 12.1 Å². The number of sulfonamides is 1. The second-order valence-corrected chi connectivity index (χ2v) is 8.62. The summed E-state index contributed by atoms with van der Waals surface area (Å²) in [5.74, 6) is 0.421. The second kappa shape index (κ2) is 8.19. The van der Waals surface area contributed by atoms with Gasteiger partial charge in [0.15, 0.2) is 0 Å². The van der Waals surface area contributed by atoms with E-state index in [0.29, 0.717) is 31.6 Å². The molecule has 6 nitrogen and oxygen atoms in total. The minimum absolute atomic E-state index is 0.0328. The van der Waals surface area contributed by atoms with Gasteiger partial charge in [-0.05, 0) is 50.8 Å². The van der Waals surface area contributed by atoms with Gasteiger partial charge < -0.3 is 9.47 Å². The van der Waals surface area contributed by atoms with Crippen LogP contribution in [0.5, 0.6) is 5.75 Å². The molecule has 1 aromatic rings. The smallest absolute Gasteiger partial charge is 0.313 e. The van der Waals surface area contributed by atoms with Crippen molar-refractivity contribution in [3.63, 3.8) is 0 Å². The van der Waals surface area contributed by atoms with E-state index in [-0.39, 0.29) is 24.9 Å². The first-order chi connectivity index (χ1) is 11.9. The summed E-state index contributed by atoms with van der Waals surface area (Å²) < 4.78 is 36.7. The molecule has 0 spiro atoms. The maximum atomic E-state index is 12.8. The number of esters is 1. The van der Waals surface area contributed by atoms with Gasteiger partial charge in [-0.15, -0.1) is 0 Å². The predicted molar refractivity (Wildman–Crippen MR) is 96.0 cm³/mol. The molecule has 0 bridgehead atoms. The molecule has 25 heavy (non-hydrogen) atoms. The molecule has 0 amide bonds. The number of ether oxygens (including phenoxy) is 2. The zero-order chi connectivity index (χ0) is 18.5. The quantitative estimate of drug-likeness (QED) is 0.689. The number of hydrogen-bond acceptors (Lipinski definition) is 5. The van der Waals surface area contributed by atoms with Gasteiger partial charge in [0.1, 0.15) is 5.75 Å². The highest BCUT2D eigenvalue weighted by Gasteiger charge is 2.46. The first kappa shape index (κ1) is 19.7. The molecule has 1 fully saturated rings. The van der Waals surface area contributed by atoms with Crippen molar-refractivity contribution in [2.75, 3.05) is 32.6 Å². The molecule has 0 N–H and O–H groups in total. The van der Waals surface area contributed by atoms with Crippen molar-refractivity contribution in [3.8, 4) is 5.75 Å². The molecule has 0 saturated carbocycles. The van der Waals surface area contributed by atoms with Crippen LogP contribution in [0.3, 0.4) is 0 Å². The van der Waals surface area contributed by atoms with Crippen LogP contribution in [0.4, 0.5) is 0 Å². The molecule has 7 heteroatoms. The highest BCUT2D eigenvalue weighted by atomic mass is 32.2. The average Bonchev–Trinajstić information content (AvgIpc) is 2.62. The Balaban J connectivity index is 2.35. The second-order valence-electron chi connectivity index (χ2n) is 6.37. The maximum Gasteiger partial charge on any atom is 0.313 e. The van der Waals surface area contributed by atoms with Crippen LogP contribution in [0.2, 0.25) is 0 Å². The van der Waals surface area contributed by atoms with Crippen molar-refractivity contribution in [3.05, 3.63) is 29.8 Å². The summed E-state index contributed by atoms with van der Waals surface area (Å²) in [5.41, 5.74) is 0.0752. The molecule has 0 aliphatic carbocycles. The van der Waals surface area contributed by atoms with Crippen LogP contribution in [0, 0.1) is 5.41 Å². The van der Waals surface area contributed by atoms with Gasteiger partial charge in [0.25, 0.3) is 0 Å². The highest BCUT2D eigenvalue weighted by molar-refractivity contribution is 7.89. The molecule has 2 rings (SSSR count). The fourth-order valence-electron chi connectivity index (χ4n) is 3.35. The van der Waals surface area contributed by atoms with E-state index in [1.54, 1.807) is 21.0 Å². The summed E-state index contributed by atoms with van der Waals surface area (Å²) >= 11 is 0. The van der Waals surface area contributed by atoms with Crippen LogP contribution in [0.15, 0.2) is 24.3 Å². The maximum absolute atomic E-state index is 12.8. The SMILES string of the molecule is CCOC(=O)[C@]1(Cc2cccc(OC)c2)CCCN(S(=O)(=O)CC)C1. The fraction of sp³-hybridized carbons (Fsp3) is 0.611. The zero-order valence-electron chi connectivity index (χ0n) is 15.2. The largest absolute Gasteiger partial charge is 0.497 e. The molecule has 140 valence electrons. The Morgan fingerprint density at radius 1 is 1.32 bits per heavy atom. The minimum Gasteiger partial charge on any atom is -0.497 e. The summed E-state index contributed by atoms with van der Waals surface area (Å²) in [6, 6.07) is 7.52. The summed E-state index contributed by atoms with van der Waals surface area (Å²) in [6.07, 6.45) is 1.68. The number of nitrogens with zero attached hydrogens (tertiary/aromatic N) is 1. The summed E-state index contributed by atoms with van der Waals surface area (Å²) in [5, 5.41) is 0. The lowest BCUT2D eigenvalue weighted by Gasteiger charge is -2.40. The first-order valence-electron chi connectivity index (χ1n) is 8.65. The fourth-order valence-corrected chi connectivity index (χ4v) is 4.57. The molecule has 1 aliphatic heterocycles. The van der Waals surface area contributed by atoms with Crippen molar-refractivity contribution in [1.29, 1.82) is 0 Å². The van der Waals surface area contributed by atoms with Gasteiger partial charge in [-0.25, -0.2) is 12.7 Å². The lowest BCUT2D eigenvalue weighted by atomic mass is 9.75. The van der Waals surface area contributed by atoms with E-state index in [0.717, 1.165) is 5.56 Å². The van der Waals surface area contributed by atoms with Crippen molar-refractivity contribution in [1.82, 2.24) is 4.31 Å². The molecule has 1 heterocycles. The van der Waals surface area contributed by atoms with Gasteiger partial charge in [-0.3, -0.25) is 4.79 Å². The standard InChI is InChI=1S/C18H27NO5S/c1-4-24-17(20)18(13-15-8-6-9-16(12-15)23-3)10-7-11-19(14-18)25(21,22)5-2/h6,8-9,12H,4-5,7,10-11,13-14H2,1-3H3/t18-/m0/s1. The number of piperidine rings is 1. The van der Waals surface area contributed by atoms with Crippen molar-refractivity contribution >= 4 is 16.0 Å². The minimum atomic E-state index is -3.34. The van der Waals surface area contributed by atoms with E-state index in [1.165, 1.54) is 4.31 Å². The van der Waals surface area contributed by atoms with Crippen molar-refractivity contribution in [2.24, 2.45) is 5.41 Å². The molecule has 0 aromatic heterocycles. The third-order valence-electron chi connectivity index (χ3n) is 4.69. The van der Waals surface area contributed by atoms with E-state index in [1.807, 2.05) is 24.3 Å². The third-order valence-corrected chi connectivity index (χ3v) is 6.51. The van der Waals surface area contributed by atoms with E-state index in [4.69, 9.17) is 9.47 Å². The number of rotatable bonds is 7. The number of methoxy groups -OCH3 is 1. The topological polar surface area (TPSA) is 72.9 Å². The van der Waals surface area contributed by atoms with E-state index in [2.05, 4.69) is 0 Å². The van der Waals surface area contributed by atoms with E-state index < -0.39 is 15.4 Å². The zero-order valence-corrected chi connectivity index (χ0v) is 16.0. The Morgan fingerprint density at radius 3 is 2.72 bits per heavy atom. The van der Waals surface area contributed by atoms with Crippen LogP contribution >= 0.6 is 0 Å². The molecule has 1 atom stereocenters.